The standard InChI is InChI=1S/C24H31N5O2S/c1-4-29(5-2)16(3)22(30)27-15-21(23(31)26-13-18-14-28-24(25)32-18)20-12-8-10-17-9-6-7-11-19(17)20/h6-12,14,16,21H,4-5,13,15H2,1-3H3,(H2,25,28)(H,26,31)(H,27,30)/t16-,21?/m0/s1. The van der Waals surface area contributed by atoms with Crippen LogP contribution in [0.3, 0.4) is 0 Å². The number of carbonyl (C=O) groups is 2. The summed E-state index contributed by atoms with van der Waals surface area (Å²) in [6.45, 7) is 8.10. The number of nitrogens with two attached hydrogens (primary N) is 1. The molecule has 4 N–H and O–H groups in total. The van der Waals surface area contributed by atoms with Gasteiger partial charge in [-0.25, -0.2) is 4.98 Å². The van der Waals surface area contributed by atoms with Gasteiger partial charge < -0.3 is 16.4 Å². The van der Waals surface area contributed by atoms with Crippen molar-refractivity contribution in [1.29, 1.82) is 0 Å². The molecule has 0 fully saturated rings. The smallest absolute Gasteiger partial charge is 0.237 e. The topological polar surface area (TPSA) is 100 Å². The van der Waals surface area contributed by atoms with Crippen LogP contribution in [0.1, 0.15) is 37.1 Å². The molecule has 2 atom stereocenters. The highest BCUT2D eigenvalue weighted by atomic mass is 32.1. The molecule has 0 aliphatic heterocycles. The fraction of sp³-hybridized carbons (Fsp3) is 0.375. The molecule has 8 heteroatoms. The molecule has 1 aromatic heterocycles. The lowest BCUT2D eigenvalue weighted by Gasteiger charge is -2.26. The highest BCUT2D eigenvalue weighted by molar-refractivity contribution is 7.15. The van der Waals surface area contributed by atoms with E-state index in [0.29, 0.717) is 11.7 Å². The molecule has 2 amide bonds. The van der Waals surface area contributed by atoms with Crippen LogP contribution in [-0.4, -0.2) is 47.4 Å². The van der Waals surface area contributed by atoms with Crippen LogP contribution in [0.25, 0.3) is 10.8 Å². The number of nitrogens with one attached hydrogen (secondary N) is 2. The molecule has 32 heavy (non-hydrogen) atoms. The maximum absolute atomic E-state index is 13.3. The number of thiazole rings is 1. The van der Waals surface area contributed by atoms with E-state index in [1.807, 2.05) is 63.2 Å². The Kier molecular flexibility index (Phi) is 8.19. The minimum atomic E-state index is -0.528. The predicted molar refractivity (Wildman–Crippen MR) is 130 cm³/mol. The Morgan fingerprint density at radius 3 is 2.47 bits per heavy atom. The first-order chi connectivity index (χ1) is 15.4. The van der Waals surface area contributed by atoms with Crippen molar-refractivity contribution in [2.75, 3.05) is 25.4 Å². The van der Waals surface area contributed by atoms with Crippen molar-refractivity contribution in [2.45, 2.75) is 39.3 Å². The molecule has 0 bridgehead atoms. The molecule has 0 aliphatic rings. The molecule has 7 nitrogen and oxygen atoms in total. The number of aromatic nitrogens is 1. The molecule has 2 aromatic carbocycles. The third kappa shape index (κ3) is 5.63. The summed E-state index contributed by atoms with van der Waals surface area (Å²) in [6, 6.07) is 13.6. The van der Waals surface area contributed by atoms with Gasteiger partial charge in [0.25, 0.3) is 0 Å². The van der Waals surface area contributed by atoms with Gasteiger partial charge in [0.05, 0.1) is 18.5 Å². The van der Waals surface area contributed by atoms with Gasteiger partial charge in [0.15, 0.2) is 5.13 Å². The zero-order valence-corrected chi connectivity index (χ0v) is 19.6. The normalized spacial score (nSPS) is 13.1. The fourth-order valence-corrected chi connectivity index (χ4v) is 4.51. The van der Waals surface area contributed by atoms with E-state index in [2.05, 4.69) is 20.5 Å². The number of benzene rings is 2. The van der Waals surface area contributed by atoms with E-state index in [-0.39, 0.29) is 24.4 Å². The van der Waals surface area contributed by atoms with Gasteiger partial charge in [-0.1, -0.05) is 56.3 Å². The summed E-state index contributed by atoms with van der Waals surface area (Å²) in [5.41, 5.74) is 6.59. The van der Waals surface area contributed by atoms with E-state index in [1.54, 1.807) is 6.20 Å². The van der Waals surface area contributed by atoms with Crippen molar-refractivity contribution < 1.29 is 9.59 Å². The van der Waals surface area contributed by atoms with Gasteiger partial charge in [0, 0.05) is 17.6 Å². The van der Waals surface area contributed by atoms with E-state index < -0.39 is 5.92 Å². The van der Waals surface area contributed by atoms with Gasteiger partial charge in [-0.3, -0.25) is 14.5 Å². The van der Waals surface area contributed by atoms with E-state index in [9.17, 15) is 9.59 Å². The number of rotatable bonds is 10. The summed E-state index contributed by atoms with van der Waals surface area (Å²) in [7, 11) is 0. The minimum absolute atomic E-state index is 0.0815. The van der Waals surface area contributed by atoms with Crippen LogP contribution in [0, 0.1) is 0 Å². The molecule has 0 saturated heterocycles. The average molecular weight is 454 g/mol. The third-order valence-corrected chi connectivity index (χ3v) is 6.57. The van der Waals surface area contributed by atoms with Crippen LogP contribution < -0.4 is 16.4 Å². The Bertz CT molecular complexity index is 1060. The van der Waals surface area contributed by atoms with Gasteiger partial charge in [0.2, 0.25) is 11.8 Å². The van der Waals surface area contributed by atoms with Crippen molar-refractivity contribution in [3.8, 4) is 0 Å². The summed E-state index contributed by atoms with van der Waals surface area (Å²) in [4.78, 5) is 33.1. The number of anilines is 1. The van der Waals surface area contributed by atoms with Crippen molar-refractivity contribution in [1.82, 2.24) is 20.5 Å². The first kappa shape index (κ1) is 23.7. The molecule has 0 saturated carbocycles. The average Bonchev–Trinajstić information content (AvgIpc) is 3.23. The molecule has 170 valence electrons. The maximum Gasteiger partial charge on any atom is 0.237 e. The number of fused-ring (bicyclic) bond motifs is 1. The lowest BCUT2D eigenvalue weighted by atomic mass is 9.92. The molecule has 3 rings (SSSR count). The Balaban J connectivity index is 1.82. The van der Waals surface area contributed by atoms with Gasteiger partial charge in [-0.05, 0) is 36.3 Å². The van der Waals surface area contributed by atoms with Crippen molar-refractivity contribution >= 4 is 39.1 Å². The lowest BCUT2D eigenvalue weighted by Crippen LogP contribution is -2.47. The Morgan fingerprint density at radius 1 is 1.06 bits per heavy atom. The minimum Gasteiger partial charge on any atom is -0.375 e. The number of amides is 2. The molecular weight excluding hydrogens is 422 g/mol. The van der Waals surface area contributed by atoms with Crippen molar-refractivity contribution in [3.63, 3.8) is 0 Å². The first-order valence-corrected chi connectivity index (χ1v) is 11.7. The van der Waals surface area contributed by atoms with Gasteiger partial charge >= 0.3 is 0 Å². The summed E-state index contributed by atoms with van der Waals surface area (Å²) in [5, 5.41) is 8.52. The second-order valence-corrected chi connectivity index (χ2v) is 8.79. The van der Waals surface area contributed by atoms with E-state index >= 15 is 0 Å². The number of hydrogen-bond acceptors (Lipinski definition) is 6. The second kappa shape index (κ2) is 11.1. The largest absolute Gasteiger partial charge is 0.375 e. The van der Waals surface area contributed by atoms with Crippen LogP contribution in [0.5, 0.6) is 0 Å². The monoisotopic (exact) mass is 453 g/mol. The van der Waals surface area contributed by atoms with Gasteiger partial charge in [-0.2, -0.15) is 0 Å². The highest BCUT2D eigenvalue weighted by Crippen LogP contribution is 2.26. The predicted octanol–water partition coefficient (Wildman–Crippen LogP) is 3.13. The fourth-order valence-electron chi connectivity index (χ4n) is 3.89. The summed E-state index contributed by atoms with van der Waals surface area (Å²) in [5.74, 6) is -0.759. The molecule has 3 aromatic rings. The number of likely N-dealkylation sites (N-methyl/N-ethyl adjacent to an activating group) is 1. The van der Waals surface area contributed by atoms with E-state index in [1.165, 1.54) is 11.3 Å². The van der Waals surface area contributed by atoms with Crippen LogP contribution >= 0.6 is 11.3 Å². The zero-order chi connectivity index (χ0) is 23.1. The number of hydrogen-bond donors (Lipinski definition) is 3. The number of carbonyl (C=O) groups excluding carboxylic acids is 2. The molecular formula is C24H31N5O2S. The van der Waals surface area contributed by atoms with Gasteiger partial charge in [-0.15, -0.1) is 11.3 Å². The van der Waals surface area contributed by atoms with Crippen molar-refractivity contribution in [3.05, 3.63) is 59.1 Å². The second-order valence-electron chi connectivity index (χ2n) is 7.65. The maximum atomic E-state index is 13.3. The van der Waals surface area contributed by atoms with Crippen LogP contribution in [0.2, 0.25) is 0 Å². The SMILES string of the molecule is CCN(CC)[C@@H](C)C(=O)NCC(C(=O)NCc1cnc(N)s1)c1cccc2ccccc12. The zero-order valence-electron chi connectivity index (χ0n) is 18.8. The van der Waals surface area contributed by atoms with E-state index in [4.69, 9.17) is 5.73 Å². The van der Waals surface area contributed by atoms with Crippen LogP contribution in [-0.2, 0) is 16.1 Å². The molecule has 1 unspecified atom stereocenters. The Morgan fingerprint density at radius 2 is 1.78 bits per heavy atom. The quantitative estimate of drug-likeness (QED) is 0.438. The number of nitrogen functional groups attached to an aromatic ring is 1. The van der Waals surface area contributed by atoms with Crippen LogP contribution in [0.15, 0.2) is 48.7 Å². The first-order valence-electron chi connectivity index (χ1n) is 10.9. The van der Waals surface area contributed by atoms with E-state index in [0.717, 1.165) is 34.3 Å². The third-order valence-electron chi connectivity index (χ3n) is 5.74. The Hall–Kier alpha value is -2.97. The molecule has 0 spiro atoms. The summed E-state index contributed by atoms with van der Waals surface area (Å²) in [6.07, 6.45) is 1.67. The number of nitrogens with zero attached hydrogens (tertiary/aromatic N) is 2. The van der Waals surface area contributed by atoms with Crippen molar-refractivity contribution in [2.24, 2.45) is 0 Å². The molecule has 1 heterocycles. The molecule has 0 aliphatic carbocycles. The summed E-state index contributed by atoms with van der Waals surface area (Å²) >= 11 is 1.35. The van der Waals surface area contributed by atoms with Gasteiger partial charge in [0.1, 0.15) is 0 Å². The highest BCUT2D eigenvalue weighted by Gasteiger charge is 2.25. The summed E-state index contributed by atoms with van der Waals surface area (Å²) < 4.78 is 0. The molecule has 0 radical (unpaired) electrons. The Labute approximate surface area is 193 Å². The van der Waals surface area contributed by atoms with Crippen LogP contribution in [0.4, 0.5) is 5.13 Å². The lowest BCUT2D eigenvalue weighted by molar-refractivity contribution is -0.126.